The Labute approximate surface area is 139 Å². The Kier molecular flexibility index (Phi) is 8.03. The quantitative estimate of drug-likeness (QED) is 0.606. The number of aliphatic hydroxyl groups is 1. The van der Waals surface area contributed by atoms with Crippen molar-refractivity contribution in [2.75, 3.05) is 12.4 Å². The summed E-state index contributed by atoms with van der Waals surface area (Å²) in [4.78, 5) is -0.409. The Hall–Kier alpha value is 0.01000. The van der Waals surface area contributed by atoms with Gasteiger partial charge in [-0.05, 0) is 37.5 Å². The van der Waals surface area contributed by atoms with Crippen LogP contribution in [0.2, 0.25) is 0 Å². The van der Waals surface area contributed by atoms with E-state index >= 15 is 0 Å². The molecule has 5 nitrogen and oxygen atoms in total. The molecule has 0 aliphatic carbocycles. The van der Waals surface area contributed by atoms with Gasteiger partial charge in [0.05, 0.1) is 16.4 Å². The second kappa shape index (κ2) is 8.03. The molecule has 122 valence electrons. The zero-order valence-corrected chi connectivity index (χ0v) is 15.6. The smallest absolute Gasteiger partial charge is 0.261 e. The summed E-state index contributed by atoms with van der Waals surface area (Å²) in [6, 6.07) is 1.43. The topological polar surface area (TPSA) is 88.5 Å². The fourth-order valence-electron chi connectivity index (χ4n) is 1.90. The normalized spacial score (nSPS) is 11.8. The molecule has 0 saturated carbocycles. The molecule has 0 atom stereocenters. The van der Waals surface area contributed by atoms with E-state index in [4.69, 9.17) is 26.5 Å². The van der Waals surface area contributed by atoms with Gasteiger partial charge in [-0.1, -0.05) is 6.07 Å². The van der Waals surface area contributed by atoms with E-state index in [2.05, 4.69) is 12.6 Å². The maximum absolute atomic E-state index is 11.4. The van der Waals surface area contributed by atoms with Gasteiger partial charge in [0.15, 0.2) is 0 Å². The van der Waals surface area contributed by atoms with Gasteiger partial charge < -0.3 is 5.11 Å². The van der Waals surface area contributed by atoms with Crippen LogP contribution in [0.1, 0.15) is 16.7 Å². The van der Waals surface area contributed by atoms with E-state index in [-0.39, 0.29) is 22.0 Å². The van der Waals surface area contributed by atoms with Crippen molar-refractivity contribution in [2.24, 2.45) is 0 Å². The first-order valence-electron chi connectivity index (χ1n) is 5.59. The maximum atomic E-state index is 11.4. The van der Waals surface area contributed by atoms with E-state index in [1.165, 1.54) is 13.0 Å². The first kappa shape index (κ1) is 21.0. The summed E-state index contributed by atoms with van der Waals surface area (Å²) < 4.78 is 45.6. The van der Waals surface area contributed by atoms with Crippen LogP contribution in [0.4, 0.5) is 0 Å². The van der Waals surface area contributed by atoms with E-state index in [1.54, 1.807) is 13.8 Å². The SMILES string of the molecule is Cc1cc(C)c(S(=O)(=O)Cl)c(C)c1S(=O)(=O)Cl.OCCS. The van der Waals surface area contributed by atoms with Crippen molar-refractivity contribution < 1.29 is 21.9 Å². The van der Waals surface area contributed by atoms with E-state index in [9.17, 15) is 16.8 Å². The molecule has 0 aliphatic rings. The number of aryl methyl sites for hydroxylation is 2. The molecule has 0 spiro atoms. The Morgan fingerprint density at radius 2 is 1.29 bits per heavy atom. The zero-order valence-electron chi connectivity index (χ0n) is 11.6. The van der Waals surface area contributed by atoms with Gasteiger partial charge in [-0.2, -0.15) is 12.6 Å². The largest absolute Gasteiger partial charge is 0.396 e. The molecule has 0 saturated heterocycles. The molecule has 0 radical (unpaired) electrons. The summed E-state index contributed by atoms with van der Waals surface area (Å²) in [5.74, 6) is 0.569. The Bertz CT molecular complexity index is 654. The predicted molar refractivity (Wildman–Crippen MR) is 87.7 cm³/mol. The summed E-state index contributed by atoms with van der Waals surface area (Å²) in [6.45, 7) is 4.63. The van der Waals surface area contributed by atoms with Crippen molar-refractivity contribution in [3.8, 4) is 0 Å². The fourth-order valence-corrected chi connectivity index (χ4v) is 5.21. The second-order valence-electron chi connectivity index (χ2n) is 4.12. The zero-order chi connectivity index (χ0) is 17.0. The minimum absolute atomic E-state index is 0.0486. The van der Waals surface area contributed by atoms with Crippen molar-refractivity contribution in [2.45, 2.75) is 30.6 Å². The summed E-state index contributed by atoms with van der Waals surface area (Å²) in [5, 5.41) is 7.80. The van der Waals surface area contributed by atoms with Crippen molar-refractivity contribution >= 4 is 52.1 Å². The lowest BCUT2D eigenvalue weighted by molar-refractivity contribution is 0.323. The van der Waals surface area contributed by atoms with E-state index in [1.807, 2.05) is 0 Å². The van der Waals surface area contributed by atoms with Gasteiger partial charge in [-0.25, -0.2) is 16.8 Å². The second-order valence-corrected chi connectivity index (χ2v) is 9.57. The molecule has 0 aromatic heterocycles. The van der Waals surface area contributed by atoms with E-state index in [0.717, 1.165) is 0 Å². The summed E-state index contributed by atoms with van der Waals surface area (Å²) in [7, 11) is 2.53. The number of thiol groups is 1. The van der Waals surface area contributed by atoms with Crippen LogP contribution in [0.3, 0.4) is 0 Å². The molecule has 0 aliphatic heterocycles. The first-order valence-corrected chi connectivity index (χ1v) is 10.8. The lowest BCUT2D eigenvalue weighted by Crippen LogP contribution is -2.06. The molecule has 1 rings (SSSR count). The van der Waals surface area contributed by atoms with Crippen LogP contribution in [0, 0.1) is 20.8 Å². The molecule has 21 heavy (non-hydrogen) atoms. The molecule has 0 fully saturated rings. The Morgan fingerprint density at radius 1 is 1.00 bits per heavy atom. The fraction of sp³-hybridized carbons (Fsp3) is 0.455. The standard InChI is InChI=1S/C9H10Cl2O4S2.C2H6OS/c1-5-4-6(2)9(17(11,14)15)7(3)8(5)16(10,12)13;3-1-2-4/h4H,1-3H3;3-4H,1-2H2. The Morgan fingerprint density at radius 3 is 1.48 bits per heavy atom. The third kappa shape index (κ3) is 5.96. The monoisotopic (exact) mass is 394 g/mol. The van der Waals surface area contributed by atoms with Gasteiger partial charge in [0.2, 0.25) is 0 Å². The van der Waals surface area contributed by atoms with Crippen LogP contribution in [-0.2, 0) is 18.1 Å². The van der Waals surface area contributed by atoms with Crippen LogP contribution in [0.5, 0.6) is 0 Å². The highest BCUT2D eigenvalue weighted by Gasteiger charge is 2.25. The molecule has 0 heterocycles. The van der Waals surface area contributed by atoms with E-state index in [0.29, 0.717) is 16.9 Å². The average Bonchev–Trinajstić information content (AvgIpc) is 2.24. The predicted octanol–water partition coefficient (Wildman–Crippen LogP) is 2.38. The highest BCUT2D eigenvalue weighted by atomic mass is 35.7. The third-order valence-electron chi connectivity index (χ3n) is 2.42. The van der Waals surface area contributed by atoms with E-state index < -0.39 is 18.1 Å². The first-order chi connectivity index (χ1) is 9.37. The number of hydrogen-bond acceptors (Lipinski definition) is 6. The molecule has 0 amide bonds. The highest BCUT2D eigenvalue weighted by Crippen LogP contribution is 2.32. The molecular weight excluding hydrogens is 379 g/mol. The van der Waals surface area contributed by atoms with Crippen molar-refractivity contribution in [3.05, 3.63) is 22.8 Å². The van der Waals surface area contributed by atoms with Gasteiger partial charge in [-0.3, -0.25) is 0 Å². The van der Waals surface area contributed by atoms with Gasteiger partial charge in [0.1, 0.15) is 0 Å². The molecule has 10 heteroatoms. The third-order valence-corrected chi connectivity index (χ3v) is 5.78. The van der Waals surface area contributed by atoms with Gasteiger partial charge in [0, 0.05) is 27.1 Å². The van der Waals surface area contributed by atoms with Crippen LogP contribution in [0.25, 0.3) is 0 Å². The van der Waals surface area contributed by atoms with Crippen LogP contribution >= 0.6 is 34.0 Å². The summed E-state index contributed by atoms with van der Waals surface area (Å²) >= 11 is 3.67. The van der Waals surface area contributed by atoms with Crippen molar-refractivity contribution in [1.29, 1.82) is 0 Å². The molecule has 1 aromatic carbocycles. The Balaban J connectivity index is 0.000000885. The lowest BCUT2D eigenvalue weighted by Gasteiger charge is -2.12. The number of aliphatic hydroxyl groups excluding tert-OH is 1. The minimum atomic E-state index is -4.01. The number of rotatable bonds is 3. The van der Waals surface area contributed by atoms with Crippen LogP contribution in [-0.4, -0.2) is 34.3 Å². The molecule has 1 N–H and O–H groups in total. The molecule has 0 bridgehead atoms. The molecule has 0 unspecified atom stereocenters. The van der Waals surface area contributed by atoms with Crippen LogP contribution in [0.15, 0.2) is 15.9 Å². The van der Waals surface area contributed by atoms with Crippen LogP contribution < -0.4 is 0 Å². The van der Waals surface area contributed by atoms with Crippen molar-refractivity contribution in [1.82, 2.24) is 0 Å². The highest BCUT2D eigenvalue weighted by molar-refractivity contribution is 8.14. The van der Waals surface area contributed by atoms with Crippen molar-refractivity contribution in [3.63, 3.8) is 0 Å². The van der Waals surface area contributed by atoms with Gasteiger partial charge in [0.25, 0.3) is 18.1 Å². The lowest BCUT2D eigenvalue weighted by atomic mass is 10.1. The molecular formula is C11H16Cl2O5S3. The minimum Gasteiger partial charge on any atom is -0.396 e. The van der Waals surface area contributed by atoms with Gasteiger partial charge >= 0.3 is 0 Å². The number of halogens is 2. The van der Waals surface area contributed by atoms with Gasteiger partial charge in [-0.15, -0.1) is 0 Å². The number of hydrogen-bond donors (Lipinski definition) is 2. The summed E-state index contributed by atoms with van der Waals surface area (Å²) in [6.07, 6.45) is 0. The average molecular weight is 395 g/mol. The number of benzene rings is 1. The summed E-state index contributed by atoms with van der Waals surface area (Å²) in [5.41, 5.74) is 0.825. The maximum Gasteiger partial charge on any atom is 0.261 e. The molecule has 1 aromatic rings.